The van der Waals surface area contributed by atoms with Gasteiger partial charge >= 0.3 is 0 Å². The van der Waals surface area contributed by atoms with Crippen LogP contribution in [-0.2, 0) is 4.79 Å². The molecule has 3 aromatic carbocycles. The van der Waals surface area contributed by atoms with Gasteiger partial charge in [0.1, 0.15) is 5.65 Å². The minimum Gasteiger partial charge on any atom is -0.369 e. The van der Waals surface area contributed by atoms with Crippen molar-refractivity contribution in [3.8, 4) is 0 Å². The van der Waals surface area contributed by atoms with E-state index in [1.807, 2.05) is 34.7 Å². The van der Waals surface area contributed by atoms with Gasteiger partial charge in [0.2, 0.25) is 5.91 Å². The third-order valence-corrected chi connectivity index (χ3v) is 8.33. The second-order valence-electron chi connectivity index (χ2n) is 9.57. The van der Waals surface area contributed by atoms with Gasteiger partial charge in [0.25, 0.3) is 5.91 Å². The number of carbonyl (C=O) groups is 3. The number of para-hydroxylation sites is 2. The molecule has 0 bridgehead atoms. The van der Waals surface area contributed by atoms with Gasteiger partial charge in [-0.05, 0) is 67.4 Å². The molecule has 1 saturated heterocycles. The second kappa shape index (κ2) is 10.3. The number of imidazole rings is 1. The van der Waals surface area contributed by atoms with Gasteiger partial charge in [0.05, 0.1) is 22.3 Å². The van der Waals surface area contributed by atoms with Crippen LogP contribution < -0.4 is 5.73 Å². The molecule has 8 nitrogen and oxygen atoms in total. The highest BCUT2D eigenvalue weighted by Gasteiger charge is 2.27. The summed E-state index contributed by atoms with van der Waals surface area (Å²) in [5, 5.41) is 1.99. The van der Waals surface area contributed by atoms with E-state index in [9.17, 15) is 14.4 Å². The predicted octanol–water partition coefficient (Wildman–Crippen LogP) is 5.00. The van der Waals surface area contributed by atoms with Crippen molar-refractivity contribution < 1.29 is 14.4 Å². The van der Waals surface area contributed by atoms with Crippen molar-refractivity contribution in [1.82, 2.24) is 19.3 Å². The van der Waals surface area contributed by atoms with Crippen LogP contribution >= 0.6 is 23.4 Å². The molecule has 0 radical (unpaired) electrons. The predicted molar refractivity (Wildman–Crippen MR) is 152 cm³/mol. The van der Waals surface area contributed by atoms with Gasteiger partial charge in [-0.3, -0.25) is 18.8 Å². The molecule has 0 spiro atoms. The number of hydrogen-bond donors (Lipinski definition) is 1. The summed E-state index contributed by atoms with van der Waals surface area (Å²) in [7, 11) is 0. The molecule has 2 amide bonds. The van der Waals surface area contributed by atoms with E-state index in [4.69, 9.17) is 27.3 Å². The number of thioether (sulfide) groups is 1. The van der Waals surface area contributed by atoms with Crippen molar-refractivity contribution in [2.45, 2.75) is 18.0 Å². The molecular weight excluding hydrogens is 534 g/mol. The van der Waals surface area contributed by atoms with Crippen molar-refractivity contribution in [2.24, 2.45) is 11.7 Å². The number of primary amides is 1. The summed E-state index contributed by atoms with van der Waals surface area (Å²) >= 11 is 7.30. The van der Waals surface area contributed by atoms with Crippen molar-refractivity contribution in [3.63, 3.8) is 0 Å². The van der Waals surface area contributed by atoms with Crippen LogP contribution in [0.2, 0.25) is 5.02 Å². The number of halogens is 1. The third-order valence-electron chi connectivity index (χ3n) is 7.14. The molecule has 6 rings (SSSR count). The molecule has 1 aliphatic rings. The lowest BCUT2D eigenvalue weighted by Gasteiger charge is -2.30. The molecule has 2 aromatic heterocycles. The topological polar surface area (TPSA) is 111 Å². The highest BCUT2D eigenvalue weighted by atomic mass is 35.5. The monoisotopic (exact) mass is 557 g/mol. The number of fused-ring (bicyclic) bond motifs is 5. The Morgan fingerprint density at radius 1 is 0.923 bits per heavy atom. The van der Waals surface area contributed by atoms with E-state index >= 15 is 0 Å². The van der Waals surface area contributed by atoms with E-state index in [0.29, 0.717) is 58.4 Å². The fourth-order valence-electron chi connectivity index (χ4n) is 5.00. The van der Waals surface area contributed by atoms with Gasteiger partial charge in [-0.1, -0.05) is 35.5 Å². The van der Waals surface area contributed by atoms with Crippen LogP contribution in [0.15, 0.2) is 71.9 Å². The fraction of sp³-hybridized carbons (Fsp3) is 0.207. The van der Waals surface area contributed by atoms with E-state index in [1.54, 1.807) is 41.3 Å². The zero-order chi connectivity index (χ0) is 27.1. The Balaban J connectivity index is 1.37. The number of amides is 2. The van der Waals surface area contributed by atoms with Crippen LogP contribution in [0.3, 0.4) is 0 Å². The lowest BCUT2D eigenvalue weighted by molar-refractivity contribution is -0.123. The van der Waals surface area contributed by atoms with Gasteiger partial charge in [0.15, 0.2) is 10.9 Å². The minimum atomic E-state index is -0.312. The zero-order valence-electron chi connectivity index (χ0n) is 20.8. The lowest BCUT2D eigenvalue weighted by atomic mass is 9.96. The normalized spacial score (nSPS) is 14.3. The van der Waals surface area contributed by atoms with E-state index in [0.717, 1.165) is 16.4 Å². The Morgan fingerprint density at radius 2 is 1.64 bits per heavy atom. The zero-order valence-corrected chi connectivity index (χ0v) is 22.4. The van der Waals surface area contributed by atoms with Gasteiger partial charge in [0, 0.05) is 40.5 Å². The van der Waals surface area contributed by atoms with E-state index < -0.39 is 0 Å². The maximum atomic E-state index is 13.3. The quantitative estimate of drug-likeness (QED) is 0.179. The summed E-state index contributed by atoms with van der Waals surface area (Å²) in [6.07, 6.45) is 1.13. The first-order valence-corrected chi connectivity index (χ1v) is 14.0. The van der Waals surface area contributed by atoms with Crippen LogP contribution in [0.4, 0.5) is 0 Å². The maximum Gasteiger partial charge on any atom is 0.253 e. The molecule has 1 aliphatic heterocycles. The number of nitrogens with zero attached hydrogens (tertiary/aromatic N) is 4. The minimum absolute atomic E-state index is 0.0422. The van der Waals surface area contributed by atoms with Crippen LogP contribution in [0.25, 0.3) is 27.6 Å². The molecule has 1 fully saturated rings. The fourth-order valence-corrected chi connectivity index (χ4v) is 6.02. The number of benzene rings is 3. The summed E-state index contributed by atoms with van der Waals surface area (Å²) in [6, 6.07) is 20.1. The van der Waals surface area contributed by atoms with Crippen molar-refractivity contribution in [1.29, 1.82) is 0 Å². The number of piperidine rings is 1. The van der Waals surface area contributed by atoms with Gasteiger partial charge in [-0.25, -0.2) is 9.97 Å². The first kappa shape index (κ1) is 25.3. The molecular formula is C29H24ClN5O3S. The Bertz CT molecular complexity index is 1760. The molecule has 0 aliphatic carbocycles. The van der Waals surface area contributed by atoms with Crippen molar-refractivity contribution >= 4 is 68.5 Å². The van der Waals surface area contributed by atoms with E-state index in [-0.39, 0.29) is 29.3 Å². The number of ketones is 1. The molecule has 2 N–H and O–H groups in total. The van der Waals surface area contributed by atoms with Crippen LogP contribution in [0.1, 0.15) is 33.6 Å². The summed E-state index contributed by atoms with van der Waals surface area (Å²) in [4.78, 5) is 49.3. The van der Waals surface area contributed by atoms with Crippen LogP contribution in [0, 0.1) is 5.92 Å². The maximum absolute atomic E-state index is 13.3. The Hall–Kier alpha value is -3.95. The highest BCUT2D eigenvalue weighted by molar-refractivity contribution is 7.99. The lowest BCUT2D eigenvalue weighted by Crippen LogP contribution is -2.41. The summed E-state index contributed by atoms with van der Waals surface area (Å²) in [6.45, 7) is 0.965. The Labute approximate surface area is 233 Å². The summed E-state index contributed by atoms with van der Waals surface area (Å²) in [5.41, 5.74) is 9.58. The first-order valence-electron chi connectivity index (χ1n) is 12.6. The third kappa shape index (κ3) is 4.84. The molecule has 0 atom stereocenters. The Morgan fingerprint density at radius 3 is 2.38 bits per heavy atom. The molecule has 10 heteroatoms. The molecule has 196 valence electrons. The number of hydrogen-bond acceptors (Lipinski definition) is 6. The van der Waals surface area contributed by atoms with Gasteiger partial charge in [-0.15, -0.1) is 0 Å². The molecule has 0 unspecified atom stereocenters. The average Bonchev–Trinajstić information content (AvgIpc) is 3.35. The highest BCUT2D eigenvalue weighted by Crippen LogP contribution is 2.30. The van der Waals surface area contributed by atoms with E-state index in [1.165, 1.54) is 11.8 Å². The number of likely N-dealkylation sites (tertiary alicyclic amines) is 1. The number of carbonyl (C=O) groups excluding carboxylic acids is 3. The average molecular weight is 558 g/mol. The van der Waals surface area contributed by atoms with E-state index in [2.05, 4.69) is 0 Å². The molecule has 39 heavy (non-hydrogen) atoms. The number of aromatic nitrogens is 3. The van der Waals surface area contributed by atoms with Crippen LogP contribution in [-0.4, -0.2) is 55.7 Å². The SMILES string of the molecule is NC(=O)C1CCN(C(=O)c2ccc3c(c2)nc(SCC(=O)c2ccc(Cl)cc2)n2c4ccccc4nc32)CC1. The molecule has 5 aromatic rings. The second-order valence-corrected chi connectivity index (χ2v) is 11.0. The largest absolute Gasteiger partial charge is 0.369 e. The first-order chi connectivity index (χ1) is 18.9. The standard InChI is InChI=1S/C29H24ClN5O3S/c30-20-8-5-17(6-9-20)25(36)16-39-29-33-23-15-19(28(38)34-13-11-18(12-14-34)26(31)37)7-10-21(23)27-32-22-3-1-2-4-24(22)35(27)29/h1-10,15,18H,11-14,16H2,(H2,31,37). The Kier molecular flexibility index (Phi) is 6.70. The number of nitrogens with two attached hydrogens (primary N) is 1. The van der Waals surface area contributed by atoms with Gasteiger partial charge < -0.3 is 10.6 Å². The van der Waals surface area contributed by atoms with Crippen molar-refractivity contribution in [2.75, 3.05) is 18.8 Å². The molecule has 0 saturated carbocycles. The van der Waals surface area contributed by atoms with Gasteiger partial charge in [-0.2, -0.15) is 0 Å². The summed E-state index contributed by atoms with van der Waals surface area (Å²) < 4.78 is 1.97. The number of rotatable bonds is 6. The van der Waals surface area contributed by atoms with Crippen molar-refractivity contribution in [3.05, 3.63) is 82.9 Å². The number of Topliss-reactive ketones (excluding diaryl/α,β-unsaturated/α-hetero) is 1. The molecule has 3 heterocycles. The van der Waals surface area contributed by atoms with Crippen LogP contribution in [0.5, 0.6) is 0 Å². The smallest absolute Gasteiger partial charge is 0.253 e. The summed E-state index contributed by atoms with van der Waals surface area (Å²) in [5.74, 6) is -0.477.